The van der Waals surface area contributed by atoms with Gasteiger partial charge in [-0.25, -0.2) is 0 Å². The Morgan fingerprint density at radius 3 is 1.42 bits per heavy atom. The van der Waals surface area contributed by atoms with E-state index in [1.54, 1.807) is 0 Å². The molecule has 4 unspecified atom stereocenters. The van der Waals surface area contributed by atoms with Crippen LogP contribution in [0, 0.1) is 0 Å². The number of rotatable bonds is 0. The topological polar surface area (TPSA) is 118 Å². The Balaban J connectivity index is 2.83. The van der Waals surface area contributed by atoms with Crippen molar-refractivity contribution in [3.8, 4) is 0 Å². The molecule has 12 heavy (non-hydrogen) atoms. The van der Waals surface area contributed by atoms with Gasteiger partial charge in [-0.2, -0.15) is 0 Å². The number of carbonyl (C=O) groups excluding carboxylic acids is 1. The first-order chi connectivity index (χ1) is 5.46. The minimum atomic E-state index is -1.83. The predicted octanol–water partition coefficient (Wildman–Crippen LogP) is -3.63. The van der Waals surface area contributed by atoms with Crippen molar-refractivity contribution in [2.24, 2.45) is 0 Å². The molecule has 5 N–H and O–H groups in total. The lowest BCUT2D eigenvalue weighted by atomic mass is 9.86. The summed E-state index contributed by atoms with van der Waals surface area (Å²) < 4.78 is 0. The van der Waals surface area contributed by atoms with E-state index in [1.807, 2.05) is 0 Å². The fourth-order valence-electron chi connectivity index (χ4n) is 1.09. The van der Waals surface area contributed by atoms with E-state index in [1.165, 1.54) is 0 Å². The molecule has 1 aliphatic carbocycles. The average molecular weight is 178 g/mol. The Morgan fingerprint density at radius 1 is 0.750 bits per heavy atom. The molecule has 70 valence electrons. The van der Waals surface area contributed by atoms with Crippen LogP contribution >= 0.6 is 0 Å². The maximum atomic E-state index is 10.8. The molecule has 0 aromatic heterocycles. The maximum absolute atomic E-state index is 10.8. The van der Waals surface area contributed by atoms with E-state index < -0.39 is 36.3 Å². The summed E-state index contributed by atoms with van der Waals surface area (Å²) in [4.78, 5) is 10.8. The maximum Gasteiger partial charge on any atom is 0.195 e. The van der Waals surface area contributed by atoms with Gasteiger partial charge in [0, 0.05) is 0 Å². The van der Waals surface area contributed by atoms with Crippen molar-refractivity contribution >= 4 is 5.78 Å². The van der Waals surface area contributed by atoms with Crippen LogP contribution < -0.4 is 0 Å². The molecule has 0 aromatic carbocycles. The van der Waals surface area contributed by atoms with Crippen molar-refractivity contribution in [3.05, 3.63) is 0 Å². The van der Waals surface area contributed by atoms with Crippen LogP contribution in [0.15, 0.2) is 0 Å². The number of aliphatic hydroxyl groups excluding tert-OH is 5. The van der Waals surface area contributed by atoms with Crippen LogP contribution in [0.3, 0.4) is 0 Å². The molecule has 1 rings (SSSR count). The molecule has 6 heteroatoms. The van der Waals surface area contributed by atoms with Crippen LogP contribution in [0.2, 0.25) is 0 Å². The van der Waals surface area contributed by atoms with E-state index in [9.17, 15) is 4.79 Å². The standard InChI is InChI=1S/C6H10O6/c7-1-2(8)4(10)6(12)5(11)3(1)9/h1-5,7-11H/t1?,2-,3?,4?,5?/m0/s1. The van der Waals surface area contributed by atoms with E-state index >= 15 is 0 Å². The Morgan fingerprint density at radius 2 is 1.08 bits per heavy atom. The van der Waals surface area contributed by atoms with E-state index in [4.69, 9.17) is 25.5 Å². The molecule has 6 nitrogen and oxygen atoms in total. The molecule has 0 heterocycles. The highest BCUT2D eigenvalue weighted by atomic mass is 16.4. The molecule has 0 aliphatic heterocycles. The molecule has 0 aromatic rings. The summed E-state index contributed by atoms with van der Waals surface area (Å²) in [6.07, 6.45) is -8.85. The first kappa shape index (κ1) is 9.56. The molecule has 1 fully saturated rings. The molecule has 0 spiro atoms. The van der Waals surface area contributed by atoms with Crippen molar-refractivity contribution < 1.29 is 30.3 Å². The smallest absolute Gasteiger partial charge is 0.195 e. The summed E-state index contributed by atoms with van der Waals surface area (Å²) in [7, 11) is 0. The zero-order chi connectivity index (χ0) is 9.46. The molecule has 0 bridgehead atoms. The number of hydrogen-bond acceptors (Lipinski definition) is 6. The Hall–Kier alpha value is -0.530. The van der Waals surface area contributed by atoms with Crippen LogP contribution in [0.25, 0.3) is 0 Å². The van der Waals surface area contributed by atoms with Crippen LogP contribution in [0.1, 0.15) is 0 Å². The number of ketones is 1. The van der Waals surface area contributed by atoms with Crippen LogP contribution in [0.5, 0.6) is 0 Å². The SMILES string of the molecule is O=C1C(O)C(O)C(O)[C@H](O)C1O. The van der Waals surface area contributed by atoms with Crippen molar-refractivity contribution in [3.63, 3.8) is 0 Å². The molecule has 5 atom stereocenters. The highest BCUT2D eigenvalue weighted by Gasteiger charge is 2.47. The first-order valence-corrected chi connectivity index (χ1v) is 3.41. The highest BCUT2D eigenvalue weighted by molar-refractivity contribution is 5.89. The van der Waals surface area contributed by atoms with Gasteiger partial charge in [-0.05, 0) is 0 Å². The third-order valence-electron chi connectivity index (χ3n) is 1.93. The summed E-state index contributed by atoms with van der Waals surface area (Å²) in [5.74, 6) is -1.08. The van der Waals surface area contributed by atoms with Crippen LogP contribution in [-0.2, 0) is 4.79 Å². The van der Waals surface area contributed by atoms with Gasteiger partial charge in [0.15, 0.2) is 5.78 Å². The number of carbonyl (C=O) groups is 1. The predicted molar refractivity (Wildman–Crippen MR) is 35.0 cm³/mol. The van der Waals surface area contributed by atoms with Gasteiger partial charge >= 0.3 is 0 Å². The zero-order valence-electron chi connectivity index (χ0n) is 6.03. The Bertz CT molecular complexity index is 174. The minimum absolute atomic E-state index is 1.08. The largest absolute Gasteiger partial charge is 0.387 e. The summed E-state index contributed by atoms with van der Waals surface area (Å²) in [6.45, 7) is 0. The lowest BCUT2D eigenvalue weighted by Gasteiger charge is -2.34. The van der Waals surface area contributed by atoms with Crippen LogP contribution in [0.4, 0.5) is 0 Å². The first-order valence-electron chi connectivity index (χ1n) is 3.41. The van der Waals surface area contributed by atoms with Gasteiger partial charge < -0.3 is 25.5 Å². The lowest BCUT2D eigenvalue weighted by molar-refractivity contribution is -0.185. The van der Waals surface area contributed by atoms with Gasteiger partial charge in [0.2, 0.25) is 0 Å². The van der Waals surface area contributed by atoms with Crippen molar-refractivity contribution in [2.45, 2.75) is 30.5 Å². The average Bonchev–Trinajstić information content (AvgIpc) is 2.08. The van der Waals surface area contributed by atoms with Crippen molar-refractivity contribution in [1.29, 1.82) is 0 Å². The number of hydrogen-bond donors (Lipinski definition) is 5. The Kier molecular flexibility index (Phi) is 2.45. The second-order valence-corrected chi connectivity index (χ2v) is 2.76. The molecule has 0 saturated heterocycles. The number of Topliss-reactive ketones (excluding diaryl/α,β-unsaturated/α-hetero) is 1. The molecule has 1 aliphatic rings. The third-order valence-corrected chi connectivity index (χ3v) is 1.93. The third kappa shape index (κ3) is 1.23. The summed E-state index contributed by atoms with van der Waals surface area (Å²) in [6, 6.07) is 0. The second kappa shape index (κ2) is 3.08. The highest BCUT2D eigenvalue weighted by Crippen LogP contribution is 2.17. The van der Waals surface area contributed by atoms with E-state index in [0.29, 0.717) is 0 Å². The molecule has 0 amide bonds. The second-order valence-electron chi connectivity index (χ2n) is 2.76. The molecule has 1 saturated carbocycles. The van der Waals surface area contributed by atoms with Crippen molar-refractivity contribution in [1.82, 2.24) is 0 Å². The Labute approximate surface area is 67.7 Å². The van der Waals surface area contributed by atoms with Crippen molar-refractivity contribution in [2.75, 3.05) is 0 Å². The quantitative estimate of drug-likeness (QED) is 0.261. The van der Waals surface area contributed by atoms with Gasteiger partial charge in [0.25, 0.3) is 0 Å². The normalized spacial score (nSPS) is 49.4. The van der Waals surface area contributed by atoms with Gasteiger partial charge in [-0.15, -0.1) is 0 Å². The fraction of sp³-hybridized carbons (Fsp3) is 0.833. The summed E-state index contributed by atoms with van der Waals surface area (Å²) in [5.41, 5.74) is 0. The molecular formula is C6H10O6. The van der Waals surface area contributed by atoms with Gasteiger partial charge in [-0.1, -0.05) is 0 Å². The molecular weight excluding hydrogens is 168 g/mol. The lowest BCUT2D eigenvalue weighted by Crippen LogP contribution is -2.61. The van der Waals surface area contributed by atoms with Gasteiger partial charge in [0.1, 0.15) is 30.5 Å². The summed E-state index contributed by atoms with van der Waals surface area (Å²) in [5, 5.41) is 44.5. The summed E-state index contributed by atoms with van der Waals surface area (Å²) >= 11 is 0. The number of aliphatic hydroxyl groups is 5. The van der Waals surface area contributed by atoms with Gasteiger partial charge in [-0.3, -0.25) is 4.79 Å². The van der Waals surface area contributed by atoms with Gasteiger partial charge in [0.05, 0.1) is 0 Å². The fourth-order valence-corrected chi connectivity index (χ4v) is 1.09. The molecule has 0 radical (unpaired) electrons. The van der Waals surface area contributed by atoms with Crippen LogP contribution in [-0.4, -0.2) is 61.8 Å². The minimum Gasteiger partial charge on any atom is -0.387 e. The monoisotopic (exact) mass is 178 g/mol. The van der Waals surface area contributed by atoms with E-state index in [-0.39, 0.29) is 0 Å². The zero-order valence-corrected chi connectivity index (χ0v) is 6.03. The van der Waals surface area contributed by atoms with E-state index in [2.05, 4.69) is 0 Å². The van der Waals surface area contributed by atoms with E-state index in [0.717, 1.165) is 0 Å².